The predicted molar refractivity (Wildman–Crippen MR) is 77.4 cm³/mol. The minimum absolute atomic E-state index is 0.0895. The predicted octanol–water partition coefficient (Wildman–Crippen LogP) is 2.57. The quantitative estimate of drug-likeness (QED) is 0.363. The lowest BCUT2D eigenvalue weighted by Crippen LogP contribution is -2.11. The van der Waals surface area contributed by atoms with Crippen molar-refractivity contribution in [2.24, 2.45) is 0 Å². The van der Waals surface area contributed by atoms with Crippen molar-refractivity contribution in [2.75, 3.05) is 0 Å². The molecule has 0 N–H and O–H groups in total. The minimum Gasteiger partial charge on any atom is -0.378 e. The zero-order valence-corrected chi connectivity index (χ0v) is 12.2. The molecule has 2 aromatic rings. The normalized spacial score (nSPS) is 11.0. The molecule has 2 rings (SSSR count). The number of carbonyl (C=O) groups excluding carboxylic acids is 1. The molecule has 0 saturated carbocycles. The smallest absolute Gasteiger partial charge is 0.339 e. The maximum Gasteiger partial charge on any atom is 0.339 e. The molecule has 8 heteroatoms. The number of carbonyl (C=O) groups is 1. The van der Waals surface area contributed by atoms with Crippen molar-refractivity contribution in [3.63, 3.8) is 0 Å². The van der Waals surface area contributed by atoms with Crippen LogP contribution in [0.5, 0.6) is 5.75 Å². The van der Waals surface area contributed by atoms with Crippen molar-refractivity contribution < 1.29 is 22.3 Å². The molecule has 2 aromatic carbocycles. The Hall–Kier alpha value is -2.74. The van der Waals surface area contributed by atoms with Crippen LogP contribution in [0, 0.1) is 10.1 Å². The van der Waals surface area contributed by atoms with E-state index >= 15 is 0 Å². The Balaban J connectivity index is 2.36. The molecule has 0 atom stereocenters. The van der Waals surface area contributed by atoms with Crippen LogP contribution in [-0.2, 0) is 10.1 Å². The highest BCUT2D eigenvalue weighted by Gasteiger charge is 2.20. The zero-order chi connectivity index (χ0) is 16.3. The first kappa shape index (κ1) is 15.6. The lowest BCUT2D eigenvalue weighted by molar-refractivity contribution is -0.384. The summed E-state index contributed by atoms with van der Waals surface area (Å²) in [6.45, 7) is 1.29. The summed E-state index contributed by atoms with van der Waals surface area (Å²) in [5, 5.41) is 10.6. The number of nitrogens with zero attached hydrogens (tertiary/aromatic N) is 1. The third-order valence-corrected chi connectivity index (χ3v) is 4.05. The van der Waals surface area contributed by atoms with Crippen LogP contribution in [0.3, 0.4) is 0 Å². The van der Waals surface area contributed by atoms with Gasteiger partial charge in [0.15, 0.2) is 11.5 Å². The minimum atomic E-state index is -4.19. The molecular weight excluding hydrogens is 310 g/mol. The summed E-state index contributed by atoms with van der Waals surface area (Å²) in [4.78, 5) is 21.1. The van der Waals surface area contributed by atoms with Gasteiger partial charge in [0.1, 0.15) is 4.90 Å². The van der Waals surface area contributed by atoms with Gasteiger partial charge in [-0.25, -0.2) is 0 Å². The Labute approximate surface area is 126 Å². The number of rotatable bonds is 5. The third-order valence-electron chi connectivity index (χ3n) is 2.80. The Bertz CT molecular complexity index is 827. The van der Waals surface area contributed by atoms with Gasteiger partial charge >= 0.3 is 10.1 Å². The summed E-state index contributed by atoms with van der Waals surface area (Å²) in [5.41, 5.74) is -0.101. The van der Waals surface area contributed by atoms with Crippen LogP contribution in [0.15, 0.2) is 53.4 Å². The number of nitro groups is 1. The SMILES string of the molecule is CC(=O)c1ccccc1OS(=O)(=O)c1ccc([N+](=O)[O-])cc1. The molecule has 0 aliphatic rings. The number of hydrogen-bond acceptors (Lipinski definition) is 6. The van der Waals surface area contributed by atoms with E-state index in [2.05, 4.69) is 0 Å². The van der Waals surface area contributed by atoms with Gasteiger partial charge in [0.05, 0.1) is 10.5 Å². The van der Waals surface area contributed by atoms with Gasteiger partial charge in [-0.05, 0) is 31.2 Å². The van der Waals surface area contributed by atoms with Crippen LogP contribution in [0.25, 0.3) is 0 Å². The Morgan fingerprint density at radius 3 is 2.23 bits per heavy atom. The molecule has 0 aliphatic heterocycles. The van der Waals surface area contributed by atoms with Crippen LogP contribution in [-0.4, -0.2) is 19.1 Å². The van der Waals surface area contributed by atoms with Crippen LogP contribution in [0.1, 0.15) is 17.3 Å². The molecular formula is C14H11NO6S. The summed E-state index contributed by atoms with van der Waals surface area (Å²) >= 11 is 0. The summed E-state index contributed by atoms with van der Waals surface area (Å²) in [5.74, 6) is -0.428. The van der Waals surface area contributed by atoms with Gasteiger partial charge in [0.2, 0.25) is 0 Å². The molecule has 0 spiro atoms. The number of ketones is 1. The summed E-state index contributed by atoms with van der Waals surface area (Å²) in [6, 6.07) is 10.2. The van der Waals surface area contributed by atoms with Crippen LogP contribution in [0.4, 0.5) is 5.69 Å². The van der Waals surface area contributed by atoms with E-state index < -0.39 is 15.0 Å². The first-order chi connectivity index (χ1) is 10.3. The fraction of sp³-hybridized carbons (Fsp3) is 0.0714. The van der Waals surface area contributed by atoms with E-state index in [0.29, 0.717) is 0 Å². The van der Waals surface area contributed by atoms with Crippen LogP contribution >= 0.6 is 0 Å². The summed E-state index contributed by atoms with van der Waals surface area (Å²) in [6.07, 6.45) is 0. The van der Waals surface area contributed by atoms with E-state index in [-0.39, 0.29) is 27.7 Å². The number of para-hydroxylation sites is 1. The fourth-order valence-electron chi connectivity index (χ4n) is 1.73. The fourth-order valence-corrected chi connectivity index (χ4v) is 2.68. The molecule has 114 valence electrons. The van der Waals surface area contributed by atoms with Gasteiger partial charge in [-0.1, -0.05) is 12.1 Å². The van der Waals surface area contributed by atoms with Crippen LogP contribution in [0.2, 0.25) is 0 Å². The Kier molecular flexibility index (Phi) is 4.22. The lowest BCUT2D eigenvalue weighted by atomic mass is 10.1. The molecule has 0 radical (unpaired) electrons. The van der Waals surface area contributed by atoms with Crippen molar-refractivity contribution in [2.45, 2.75) is 11.8 Å². The van der Waals surface area contributed by atoms with E-state index in [1.54, 1.807) is 6.07 Å². The van der Waals surface area contributed by atoms with Gasteiger partial charge in [-0.2, -0.15) is 8.42 Å². The van der Waals surface area contributed by atoms with Gasteiger partial charge < -0.3 is 4.18 Å². The van der Waals surface area contributed by atoms with Crippen molar-refractivity contribution in [3.8, 4) is 5.75 Å². The highest BCUT2D eigenvalue weighted by molar-refractivity contribution is 7.87. The number of Topliss-reactive ketones (excluding diaryl/α,β-unsaturated/α-hetero) is 1. The second-order valence-corrected chi connectivity index (χ2v) is 5.89. The molecule has 0 saturated heterocycles. The average Bonchev–Trinajstić information content (AvgIpc) is 2.47. The monoisotopic (exact) mass is 321 g/mol. The number of benzene rings is 2. The third kappa shape index (κ3) is 3.29. The average molecular weight is 321 g/mol. The standard InChI is InChI=1S/C14H11NO6S/c1-10(16)13-4-2-3-5-14(13)21-22(19,20)12-8-6-11(7-9-12)15(17)18/h2-9H,1H3. The van der Waals surface area contributed by atoms with E-state index in [4.69, 9.17) is 4.18 Å². The molecule has 0 fully saturated rings. The van der Waals surface area contributed by atoms with Gasteiger partial charge in [-0.3, -0.25) is 14.9 Å². The van der Waals surface area contributed by atoms with E-state index in [9.17, 15) is 23.3 Å². The lowest BCUT2D eigenvalue weighted by Gasteiger charge is -2.09. The Morgan fingerprint density at radius 2 is 1.68 bits per heavy atom. The highest BCUT2D eigenvalue weighted by atomic mass is 32.2. The van der Waals surface area contributed by atoms with Crippen molar-refractivity contribution in [1.29, 1.82) is 0 Å². The number of hydrogen-bond donors (Lipinski definition) is 0. The molecule has 0 aliphatic carbocycles. The van der Waals surface area contributed by atoms with Crippen molar-refractivity contribution in [3.05, 3.63) is 64.2 Å². The maximum absolute atomic E-state index is 12.2. The molecule has 0 aromatic heterocycles. The topological polar surface area (TPSA) is 104 Å². The number of non-ortho nitro benzene ring substituents is 1. The van der Waals surface area contributed by atoms with Gasteiger partial charge in [0.25, 0.3) is 5.69 Å². The second-order valence-electron chi connectivity index (χ2n) is 4.34. The molecule has 0 unspecified atom stereocenters. The zero-order valence-electron chi connectivity index (χ0n) is 11.4. The first-order valence-corrected chi connectivity index (χ1v) is 7.51. The highest BCUT2D eigenvalue weighted by Crippen LogP contribution is 2.24. The van der Waals surface area contributed by atoms with Crippen molar-refractivity contribution >= 4 is 21.6 Å². The van der Waals surface area contributed by atoms with Gasteiger partial charge in [-0.15, -0.1) is 0 Å². The summed E-state index contributed by atoms with van der Waals surface area (Å²) in [7, 11) is -4.19. The second kappa shape index (κ2) is 5.94. The molecule has 0 bridgehead atoms. The van der Waals surface area contributed by atoms with Crippen LogP contribution < -0.4 is 4.18 Å². The van der Waals surface area contributed by atoms with E-state index in [0.717, 1.165) is 24.3 Å². The molecule has 0 heterocycles. The Morgan fingerprint density at radius 1 is 1.09 bits per heavy atom. The molecule has 22 heavy (non-hydrogen) atoms. The van der Waals surface area contributed by atoms with Gasteiger partial charge in [0, 0.05) is 12.1 Å². The molecule has 0 amide bonds. The van der Waals surface area contributed by atoms with Crippen molar-refractivity contribution in [1.82, 2.24) is 0 Å². The maximum atomic E-state index is 12.2. The number of nitro benzene ring substituents is 1. The van der Waals surface area contributed by atoms with E-state index in [1.807, 2.05) is 0 Å². The first-order valence-electron chi connectivity index (χ1n) is 6.10. The summed E-state index contributed by atoms with van der Waals surface area (Å²) < 4.78 is 29.3. The largest absolute Gasteiger partial charge is 0.378 e. The molecule has 7 nitrogen and oxygen atoms in total. The van der Waals surface area contributed by atoms with E-state index in [1.165, 1.54) is 25.1 Å².